The molecule has 2 atom stereocenters. The minimum absolute atomic E-state index is 0. The third-order valence-corrected chi connectivity index (χ3v) is 4.00. The molecule has 1 amide bonds. The standard InChI is InChI=1S/C18H26N4O3.HI/c1-4-19-18(20-11-13(2)17(24)25-3)21-14-10-16(23)22(12-14)15-8-6-5-7-9-15;/h5-9,13-14H,4,10-12H2,1-3H3,(H2,19,20,21);1H. The summed E-state index contributed by atoms with van der Waals surface area (Å²) < 4.78 is 4.71. The average molecular weight is 474 g/mol. The number of esters is 1. The number of para-hydroxylation sites is 1. The van der Waals surface area contributed by atoms with Crippen LogP contribution in [-0.2, 0) is 14.3 Å². The molecule has 0 radical (unpaired) electrons. The Kier molecular flexibility index (Phi) is 9.39. The minimum Gasteiger partial charge on any atom is -0.469 e. The largest absolute Gasteiger partial charge is 0.469 e. The molecule has 0 saturated carbocycles. The molecule has 1 fully saturated rings. The summed E-state index contributed by atoms with van der Waals surface area (Å²) in [6.07, 6.45) is 0.409. The number of aliphatic imine (C=N–C) groups is 1. The molecule has 1 saturated heterocycles. The summed E-state index contributed by atoms with van der Waals surface area (Å²) in [4.78, 5) is 30.0. The number of guanidine groups is 1. The molecule has 1 aliphatic rings. The quantitative estimate of drug-likeness (QED) is 0.284. The van der Waals surface area contributed by atoms with Crippen LogP contribution < -0.4 is 15.5 Å². The van der Waals surface area contributed by atoms with Gasteiger partial charge in [-0.25, -0.2) is 0 Å². The van der Waals surface area contributed by atoms with Gasteiger partial charge in [-0.2, -0.15) is 0 Å². The lowest BCUT2D eigenvalue weighted by Crippen LogP contribution is -2.45. The fourth-order valence-corrected chi connectivity index (χ4v) is 2.68. The van der Waals surface area contributed by atoms with Crippen LogP contribution in [0.3, 0.4) is 0 Å². The number of amides is 1. The van der Waals surface area contributed by atoms with E-state index >= 15 is 0 Å². The topological polar surface area (TPSA) is 83.0 Å². The lowest BCUT2D eigenvalue weighted by Gasteiger charge is -2.19. The third-order valence-electron chi connectivity index (χ3n) is 4.00. The summed E-state index contributed by atoms with van der Waals surface area (Å²) in [7, 11) is 1.37. The maximum Gasteiger partial charge on any atom is 0.310 e. The Labute approximate surface area is 171 Å². The van der Waals surface area contributed by atoms with Crippen LogP contribution in [0.1, 0.15) is 20.3 Å². The van der Waals surface area contributed by atoms with E-state index in [1.165, 1.54) is 7.11 Å². The minimum atomic E-state index is -0.313. The lowest BCUT2D eigenvalue weighted by atomic mass is 10.2. The molecule has 1 aromatic rings. The number of benzene rings is 1. The van der Waals surface area contributed by atoms with Crippen LogP contribution in [0.5, 0.6) is 0 Å². The van der Waals surface area contributed by atoms with Gasteiger partial charge >= 0.3 is 5.97 Å². The third kappa shape index (κ3) is 6.15. The number of anilines is 1. The van der Waals surface area contributed by atoms with Crippen molar-refractivity contribution in [3.05, 3.63) is 30.3 Å². The Morgan fingerprint density at radius 3 is 2.69 bits per heavy atom. The van der Waals surface area contributed by atoms with Crippen molar-refractivity contribution in [1.29, 1.82) is 0 Å². The fourth-order valence-electron chi connectivity index (χ4n) is 2.68. The van der Waals surface area contributed by atoms with E-state index in [0.29, 0.717) is 32.0 Å². The first-order chi connectivity index (χ1) is 12.0. The zero-order valence-electron chi connectivity index (χ0n) is 15.4. The van der Waals surface area contributed by atoms with Gasteiger partial charge in [0, 0.05) is 25.2 Å². The van der Waals surface area contributed by atoms with E-state index in [0.717, 1.165) is 5.69 Å². The molecular formula is C18H27IN4O3. The van der Waals surface area contributed by atoms with Crippen molar-refractivity contribution in [2.24, 2.45) is 10.9 Å². The fraction of sp³-hybridized carbons (Fsp3) is 0.500. The number of rotatable bonds is 6. The highest BCUT2D eigenvalue weighted by Crippen LogP contribution is 2.20. The smallest absolute Gasteiger partial charge is 0.310 e. The number of nitrogens with one attached hydrogen (secondary N) is 2. The van der Waals surface area contributed by atoms with Gasteiger partial charge in [-0.05, 0) is 19.1 Å². The highest BCUT2D eigenvalue weighted by molar-refractivity contribution is 14.0. The molecule has 144 valence electrons. The SMILES string of the molecule is CCNC(=NCC(C)C(=O)OC)NC1CC(=O)N(c2ccccc2)C1.I. The van der Waals surface area contributed by atoms with Crippen LogP contribution in [-0.4, -0.2) is 50.6 Å². The predicted molar refractivity (Wildman–Crippen MR) is 113 cm³/mol. The number of methoxy groups -OCH3 is 1. The summed E-state index contributed by atoms with van der Waals surface area (Å²) in [6.45, 7) is 5.35. The molecule has 7 nitrogen and oxygen atoms in total. The van der Waals surface area contributed by atoms with Crippen molar-refractivity contribution in [3.8, 4) is 0 Å². The molecular weight excluding hydrogens is 447 g/mol. The number of halogens is 1. The van der Waals surface area contributed by atoms with E-state index in [4.69, 9.17) is 4.74 Å². The zero-order valence-corrected chi connectivity index (χ0v) is 17.7. The second-order valence-electron chi connectivity index (χ2n) is 6.03. The number of carbonyl (C=O) groups excluding carboxylic acids is 2. The molecule has 2 rings (SSSR count). The van der Waals surface area contributed by atoms with Crippen LogP contribution in [0.25, 0.3) is 0 Å². The van der Waals surface area contributed by atoms with E-state index in [9.17, 15) is 9.59 Å². The van der Waals surface area contributed by atoms with Crippen molar-refractivity contribution in [2.75, 3.05) is 31.6 Å². The number of hydrogen-bond donors (Lipinski definition) is 2. The number of carbonyl (C=O) groups is 2. The lowest BCUT2D eigenvalue weighted by molar-refractivity contribution is -0.144. The number of hydrogen-bond acceptors (Lipinski definition) is 4. The van der Waals surface area contributed by atoms with Gasteiger partial charge in [-0.3, -0.25) is 14.6 Å². The molecule has 8 heteroatoms. The van der Waals surface area contributed by atoms with Gasteiger partial charge in [-0.1, -0.05) is 25.1 Å². The van der Waals surface area contributed by atoms with Crippen molar-refractivity contribution < 1.29 is 14.3 Å². The van der Waals surface area contributed by atoms with Gasteiger partial charge in [-0.15, -0.1) is 24.0 Å². The van der Waals surface area contributed by atoms with Crippen LogP contribution in [0, 0.1) is 5.92 Å². The summed E-state index contributed by atoms with van der Waals surface area (Å²) in [5.41, 5.74) is 0.901. The molecule has 0 aromatic heterocycles. The van der Waals surface area contributed by atoms with Crippen LogP contribution in [0.2, 0.25) is 0 Å². The van der Waals surface area contributed by atoms with E-state index < -0.39 is 0 Å². The van der Waals surface area contributed by atoms with E-state index in [1.54, 1.807) is 11.8 Å². The maximum absolute atomic E-state index is 12.3. The van der Waals surface area contributed by atoms with Crippen molar-refractivity contribution in [3.63, 3.8) is 0 Å². The summed E-state index contributed by atoms with van der Waals surface area (Å²) in [6, 6.07) is 9.60. The molecule has 0 bridgehead atoms. The van der Waals surface area contributed by atoms with Crippen LogP contribution >= 0.6 is 24.0 Å². The van der Waals surface area contributed by atoms with Gasteiger partial charge in [0.1, 0.15) is 0 Å². The van der Waals surface area contributed by atoms with E-state index in [-0.39, 0.29) is 47.8 Å². The first-order valence-electron chi connectivity index (χ1n) is 8.53. The average Bonchev–Trinajstić information content (AvgIpc) is 2.99. The molecule has 2 unspecified atom stereocenters. The Morgan fingerprint density at radius 1 is 1.38 bits per heavy atom. The zero-order chi connectivity index (χ0) is 18.2. The highest BCUT2D eigenvalue weighted by Gasteiger charge is 2.31. The van der Waals surface area contributed by atoms with Gasteiger partial charge in [0.05, 0.1) is 25.6 Å². The monoisotopic (exact) mass is 474 g/mol. The normalized spacial score (nSPS) is 18.1. The molecule has 1 heterocycles. The number of ether oxygens (including phenoxy) is 1. The first-order valence-corrected chi connectivity index (χ1v) is 8.53. The summed E-state index contributed by atoms with van der Waals surface area (Å²) in [5.74, 6) is 0.0887. The highest BCUT2D eigenvalue weighted by atomic mass is 127. The molecule has 0 spiro atoms. The molecule has 26 heavy (non-hydrogen) atoms. The predicted octanol–water partition coefficient (Wildman–Crippen LogP) is 1.77. The second-order valence-corrected chi connectivity index (χ2v) is 6.03. The van der Waals surface area contributed by atoms with E-state index in [1.807, 2.05) is 37.3 Å². The van der Waals surface area contributed by atoms with Gasteiger partial charge in [0.25, 0.3) is 0 Å². The van der Waals surface area contributed by atoms with Crippen molar-refractivity contribution in [2.45, 2.75) is 26.3 Å². The first kappa shape index (κ1) is 22.2. The maximum atomic E-state index is 12.3. The second kappa shape index (κ2) is 11.0. The Hall–Kier alpha value is -1.84. The van der Waals surface area contributed by atoms with Crippen molar-refractivity contribution >= 4 is 47.5 Å². The Balaban J connectivity index is 0.00000338. The summed E-state index contributed by atoms with van der Waals surface area (Å²) >= 11 is 0. The van der Waals surface area contributed by atoms with Crippen LogP contribution in [0.15, 0.2) is 35.3 Å². The van der Waals surface area contributed by atoms with Gasteiger partial charge in [0.2, 0.25) is 5.91 Å². The van der Waals surface area contributed by atoms with Crippen molar-refractivity contribution in [1.82, 2.24) is 10.6 Å². The number of nitrogens with zero attached hydrogens (tertiary/aromatic N) is 2. The Bertz CT molecular complexity index is 624. The van der Waals surface area contributed by atoms with Gasteiger partial charge < -0.3 is 20.3 Å². The molecule has 0 aliphatic carbocycles. The Morgan fingerprint density at radius 2 is 2.08 bits per heavy atom. The van der Waals surface area contributed by atoms with Crippen LogP contribution in [0.4, 0.5) is 5.69 Å². The van der Waals surface area contributed by atoms with Gasteiger partial charge in [0.15, 0.2) is 5.96 Å². The molecule has 1 aliphatic heterocycles. The molecule has 1 aromatic carbocycles. The molecule has 2 N–H and O–H groups in total. The summed E-state index contributed by atoms with van der Waals surface area (Å²) in [5, 5.41) is 6.43. The van der Waals surface area contributed by atoms with E-state index in [2.05, 4.69) is 15.6 Å².